The van der Waals surface area contributed by atoms with Gasteiger partial charge in [-0.3, -0.25) is 4.79 Å². The molecule has 176 valence electrons. The molecular weight excluding hydrogens is 445 g/mol. The Labute approximate surface area is 201 Å². The van der Waals surface area contributed by atoms with Gasteiger partial charge >= 0.3 is 0 Å². The van der Waals surface area contributed by atoms with E-state index in [4.69, 9.17) is 4.74 Å². The summed E-state index contributed by atoms with van der Waals surface area (Å²) >= 11 is 0. The molecule has 0 spiro atoms. The quantitative estimate of drug-likeness (QED) is 0.354. The number of carbonyl (C=O) groups is 1. The minimum absolute atomic E-state index is 0.303. The molecule has 6 nitrogen and oxygen atoms in total. The highest BCUT2D eigenvalue weighted by molar-refractivity contribution is 5.84. The summed E-state index contributed by atoms with van der Waals surface area (Å²) in [6.45, 7) is 1.25. The molecule has 5 rings (SSSR count). The SMILES string of the molecule is CC(NC(=O)CO)C(Oc1ccc2c(cnn2-c2ccc(F)cc2)c1)c1ccc2ccccc2c1. The summed E-state index contributed by atoms with van der Waals surface area (Å²) in [5.41, 5.74) is 2.51. The molecule has 5 aromatic rings. The molecule has 0 saturated carbocycles. The van der Waals surface area contributed by atoms with Crippen molar-refractivity contribution in [2.24, 2.45) is 0 Å². The van der Waals surface area contributed by atoms with Gasteiger partial charge in [0.2, 0.25) is 5.91 Å². The second-order valence-electron chi connectivity index (χ2n) is 8.41. The van der Waals surface area contributed by atoms with Gasteiger partial charge in [0.1, 0.15) is 24.3 Å². The van der Waals surface area contributed by atoms with E-state index in [0.29, 0.717) is 5.75 Å². The zero-order valence-electron chi connectivity index (χ0n) is 19.1. The van der Waals surface area contributed by atoms with Gasteiger partial charge in [-0.1, -0.05) is 36.4 Å². The van der Waals surface area contributed by atoms with Crippen LogP contribution in [0.3, 0.4) is 0 Å². The predicted molar refractivity (Wildman–Crippen MR) is 133 cm³/mol. The number of hydrogen-bond acceptors (Lipinski definition) is 4. The van der Waals surface area contributed by atoms with Crippen molar-refractivity contribution in [3.05, 3.63) is 103 Å². The van der Waals surface area contributed by atoms with Crippen molar-refractivity contribution in [2.75, 3.05) is 6.61 Å². The van der Waals surface area contributed by atoms with E-state index in [1.54, 1.807) is 23.0 Å². The van der Waals surface area contributed by atoms with E-state index in [1.807, 2.05) is 67.6 Å². The normalized spacial score (nSPS) is 13.0. The van der Waals surface area contributed by atoms with Gasteiger partial charge in [0, 0.05) is 5.39 Å². The van der Waals surface area contributed by atoms with E-state index < -0.39 is 24.7 Å². The molecule has 1 aromatic heterocycles. The number of benzene rings is 4. The highest BCUT2D eigenvalue weighted by atomic mass is 19.1. The number of aliphatic hydroxyl groups excluding tert-OH is 1. The van der Waals surface area contributed by atoms with Crippen LogP contribution in [0.4, 0.5) is 4.39 Å². The predicted octanol–water partition coefficient (Wildman–Crippen LogP) is 4.93. The molecular formula is C28H24FN3O3. The number of nitrogens with zero attached hydrogens (tertiary/aromatic N) is 2. The Morgan fingerprint density at radius 1 is 1.00 bits per heavy atom. The Bertz CT molecular complexity index is 1500. The first kappa shape index (κ1) is 22.6. The number of carbonyl (C=O) groups excluding carboxylic acids is 1. The fourth-order valence-corrected chi connectivity index (χ4v) is 4.24. The second-order valence-corrected chi connectivity index (χ2v) is 8.41. The monoisotopic (exact) mass is 469 g/mol. The molecule has 1 amide bonds. The number of halogens is 1. The maximum atomic E-state index is 13.3. The summed E-state index contributed by atoms with van der Waals surface area (Å²) in [5.74, 6) is -0.162. The van der Waals surface area contributed by atoms with E-state index in [1.165, 1.54) is 12.1 Å². The van der Waals surface area contributed by atoms with E-state index in [9.17, 15) is 14.3 Å². The molecule has 35 heavy (non-hydrogen) atoms. The Morgan fingerprint density at radius 3 is 2.54 bits per heavy atom. The zero-order chi connectivity index (χ0) is 24.4. The number of rotatable bonds is 7. The van der Waals surface area contributed by atoms with Crippen molar-refractivity contribution >= 4 is 27.6 Å². The molecule has 0 aliphatic carbocycles. The molecule has 2 atom stereocenters. The largest absolute Gasteiger partial charge is 0.484 e. The summed E-state index contributed by atoms with van der Waals surface area (Å²) in [4.78, 5) is 11.9. The maximum Gasteiger partial charge on any atom is 0.246 e. The van der Waals surface area contributed by atoms with Crippen LogP contribution < -0.4 is 10.1 Å². The van der Waals surface area contributed by atoms with Crippen molar-refractivity contribution in [3.8, 4) is 11.4 Å². The van der Waals surface area contributed by atoms with Crippen LogP contribution in [0.2, 0.25) is 0 Å². The summed E-state index contributed by atoms with van der Waals surface area (Å²) in [6.07, 6.45) is 1.23. The first-order valence-corrected chi connectivity index (χ1v) is 11.3. The number of aliphatic hydroxyl groups is 1. The van der Waals surface area contributed by atoms with Gasteiger partial charge in [-0.2, -0.15) is 5.10 Å². The van der Waals surface area contributed by atoms with Crippen molar-refractivity contribution in [1.82, 2.24) is 15.1 Å². The smallest absolute Gasteiger partial charge is 0.246 e. The first-order chi connectivity index (χ1) is 17.0. The molecule has 0 aliphatic rings. The topological polar surface area (TPSA) is 76.4 Å². The lowest BCUT2D eigenvalue weighted by Gasteiger charge is -2.26. The number of aromatic nitrogens is 2. The average molecular weight is 470 g/mol. The van der Waals surface area contributed by atoms with Crippen LogP contribution in [0.15, 0.2) is 91.1 Å². The van der Waals surface area contributed by atoms with E-state index in [2.05, 4.69) is 10.4 Å². The van der Waals surface area contributed by atoms with Crippen LogP contribution in [0.5, 0.6) is 5.75 Å². The van der Waals surface area contributed by atoms with Crippen LogP contribution in [0.25, 0.3) is 27.4 Å². The van der Waals surface area contributed by atoms with E-state index in [-0.39, 0.29) is 5.82 Å². The lowest BCUT2D eigenvalue weighted by atomic mass is 9.99. The van der Waals surface area contributed by atoms with Crippen molar-refractivity contribution in [3.63, 3.8) is 0 Å². The van der Waals surface area contributed by atoms with Crippen molar-refractivity contribution in [1.29, 1.82) is 0 Å². The van der Waals surface area contributed by atoms with Crippen LogP contribution in [0, 0.1) is 5.82 Å². The number of nitrogens with one attached hydrogen (secondary N) is 1. The fraction of sp³-hybridized carbons (Fsp3) is 0.143. The van der Waals surface area contributed by atoms with Crippen LogP contribution in [-0.4, -0.2) is 33.4 Å². The van der Waals surface area contributed by atoms with Gasteiger partial charge in [-0.05, 0) is 71.8 Å². The molecule has 0 fully saturated rings. The van der Waals surface area contributed by atoms with E-state index >= 15 is 0 Å². The van der Waals surface area contributed by atoms with Crippen molar-refractivity contribution in [2.45, 2.75) is 19.1 Å². The fourth-order valence-electron chi connectivity index (χ4n) is 4.24. The molecule has 4 aromatic carbocycles. The van der Waals surface area contributed by atoms with Crippen LogP contribution in [-0.2, 0) is 4.79 Å². The molecule has 0 radical (unpaired) electrons. The standard InChI is InChI=1S/C28H24FN3O3/c1-18(31-27(34)17-33)28(21-7-6-19-4-2-3-5-20(19)14-21)35-25-12-13-26-22(15-25)16-30-32(26)24-10-8-23(29)9-11-24/h2-16,18,28,33H,17H2,1H3,(H,31,34). The summed E-state index contributed by atoms with van der Waals surface area (Å²) in [7, 11) is 0. The number of hydrogen-bond donors (Lipinski definition) is 2. The van der Waals surface area contributed by atoms with Gasteiger partial charge in [0.15, 0.2) is 0 Å². The average Bonchev–Trinajstić information content (AvgIpc) is 3.30. The highest BCUT2D eigenvalue weighted by Gasteiger charge is 2.24. The molecule has 1 heterocycles. The minimum Gasteiger partial charge on any atom is -0.484 e. The Balaban J connectivity index is 1.48. The lowest BCUT2D eigenvalue weighted by Crippen LogP contribution is -2.40. The summed E-state index contributed by atoms with van der Waals surface area (Å²) in [6, 6.07) is 25.5. The molecule has 0 aliphatic heterocycles. The zero-order valence-corrected chi connectivity index (χ0v) is 19.1. The molecule has 0 bridgehead atoms. The van der Waals surface area contributed by atoms with Gasteiger partial charge in [0.25, 0.3) is 0 Å². The number of fused-ring (bicyclic) bond motifs is 2. The highest BCUT2D eigenvalue weighted by Crippen LogP contribution is 2.30. The summed E-state index contributed by atoms with van der Waals surface area (Å²) in [5, 5.41) is 19.5. The van der Waals surface area contributed by atoms with Gasteiger partial charge < -0.3 is 15.2 Å². The Hall–Kier alpha value is -4.23. The first-order valence-electron chi connectivity index (χ1n) is 11.3. The number of ether oxygens (including phenoxy) is 1. The van der Waals surface area contributed by atoms with Crippen LogP contribution in [0.1, 0.15) is 18.6 Å². The summed E-state index contributed by atoms with van der Waals surface area (Å²) < 4.78 is 21.5. The second kappa shape index (κ2) is 9.56. The van der Waals surface area contributed by atoms with Gasteiger partial charge in [-0.25, -0.2) is 9.07 Å². The minimum atomic E-state index is -0.594. The van der Waals surface area contributed by atoms with Gasteiger partial charge in [0.05, 0.1) is 23.4 Å². The molecule has 2 N–H and O–H groups in total. The third-order valence-electron chi connectivity index (χ3n) is 5.96. The van der Waals surface area contributed by atoms with Gasteiger partial charge in [-0.15, -0.1) is 0 Å². The Morgan fingerprint density at radius 2 is 1.77 bits per heavy atom. The number of amides is 1. The van der Waals surface area contributed by atoms with E-state index in [0.717, 1.165) is 32.9 Å². The Kier molecular flexibility index (Phi) is 6.16. The third-order valence-corrected chi connectivity index (χ3v) is 5.96. The van der Waals surface area contributed by atoms with Crippen molar-refractivity contribution < 1.29 is 19.0 Å². The third kappa shape index (κ3) is 4.72. The molecule has 2 unspecified atom stereocenters. The molecule has 7 heteroatoms. The lowest BCUT2D eigenvalue weighted by molar-refractivity contribution is -0.125. The molecule has 0 saturated heterocycles. The van der Waals surface area contributed by atoms with Crippen LogP contribution >= 0.6 is 0 Å². The maximum absolute atomic E-state index is 13.3.